The standard InChI is InChI=1S/C18H17Cl3N2O2S/c19-12-1-3-14(20)17(9-12)26-11-18(24)22-13-2-4-16(15(21)10-13)23-5-7-25-8-6-23/h1-4,9-10H,5-8,11H2,(H,22,24). The van der Waals surface area contributed by atoms with Crippen molar-refractivity contribution in [2.75, 3.05) is 42.3 Å². The Kier molecular flexibility index (Phi) is 6.95. The fraction of sp³-hybridized carbons (Fsp3) is 0.278. The maximum Gasteiger partial charge on any atom is 0.234 e. The number of amides is 1. The van der Waals surface area contributed by atoms with Crippen LogP contribution in [0.4, 0.5) is 11.4 Å². The summed E-state index contributed by atoms with van der Waals surface area (Å²) in [5.41, 5.74) is 1.61. The normalized spacial score (nSPS) is 14.3. The first kappa shape index (κ1) is 19.6. The molecule has 1 amide bonds. The maximum atomic E-state index is 12.2. The number of morpholine rings is 1. The van der Waals surface area contributed by atoms with Crippen LogP contribution in [0.15, 0.2) is 41.3 Å². The molecule has 0 aliphatic carbocycles. The van der Waals surface area contributed by atoms with Gasteiger partial charge in [0.15, 0.2) is 0 Å². The van der Waals surface area contributed by atoms with E-state index >= 15 is 0 Å². The maximum absolute atomic E-state index is 12.2. The lowest BCUT2D eigenvalue weighted by Crippen LogP contribution is -2.36. The van der Waals surface area contributed by atoms with E-state index in [9.17, 15) is 4.79 Å². The number of ether oxygens (including phenoxy) is 1. The van der Waals surface area contributed by atoms with Crippen LogP contribution in [-0.4, -0.2) is 38.0 Å². The number of rotatable bonds is 5. The molecule has 2 aromatic carbocycles. The van der Waals surface area contributed by atoms with Crippen molar-refractivity contribution in [1.82, 2.24) is 0 Å². The number of halogens is 3. The second-order valence-electron chi connectivity index (χ2n) is 5.68. The monoisotopic (exact) mass is 430 g/mol. The molecular formula is C18H17Cl3N2O2S. The second-order valence-corrected chi connectivity index (χ2v) is 7.95. The Hall–Kier alpha value is -1.11. The van der Waals surface area contributed by atoms with E-state index in [0.717, 1.165) is 23.7 Å². The van der Waals surface area contributed by atoms with Gasteiger partial charge < -0.3 is 15.0 Å². The summed E-state index contributed by atoms with van der Waals surface area (Å²) >= 11 is 19.8. The van der Waals surface area contributed by atoms with Crippen molar-refractivity contribution < 1.29 is 9.53 Å². The van der Waals surface area contributed by atoms with E-state index in [1.807, 2.05) is 12.1 Å². The minimum Gasteiger partial charge on any atom is -0.378 e. The molecule has 1 aliphatic heterocycles. The highest BCUT2D eigenvalue weighted by atomic mass is 35.5. The molecule has 1 N–H and O–H groups in total. The summed E-state index contributed by atoms with van der Waals surface area (Å²) in [7, 11) is 0. The van der Waals surface area contributed by atoms with Crippen molar-refractivity contribution >= 4 is 63.8 Å². The molecule has 26 heavy (non-hydrogen) atoms. The van der Waals surface area contributed by atoms with Gasteiger partial charge in [0.05, 0.1) is 34.7 Å². The lowest BCUT2D eigenvalue weighted by Gasteiger charge is -2.29. The summed E-state index contributed by atoms with van der Waals surface area (Å²) in [6.45, 7) is 3.00. The average molecular weight is 432 g/mol. The molecule has 0 aromatic heterocycles. The van der Waals surface area contributed by atoms with Crippen molar-refractivity contribution in [3.63, 3.8) is 0 Å². The van der Waals surface area contributed by atoms with Crippen LogP contribution in [-0.2, 0) is 9.53 Å². The zero-order valence-electron chi connectivity index (χ0n) is 13.8. The third-order valence-electron chi connectivity index (χ3n) is 3.84. The predicted molar refractivity (Wildman–Crippen MR) is 110 cm³/mol. The molecule has 2 aromatic rings. The van der Waals surface area contributed by atoms with Crippen LogP contribution in [0.1, 0.15) is 0 Å². The van der Waals surface area contributed by atoms with Crippen LogP contribution in [0.5, 0.6) is 0 Å². The van der Waals surface area contributed by atoms with Gasteiger partial charge in [0.1, 0.15) is 0 Å². The lowest BCUT2D eigenvalue weighted by molar-refractivity contribution is -0.113. The molecule has 8 heteroatoms. The van der Waals surface area contributed by atoms with Crippen molar-refractivity contribution in [2.24, 2.45) is 0 Å². The molecule has 1 saturated heterocycles. The third kappa shape index (κ3) is 5.21. The summed E-state index contributed by atoms with van der Waals surface area (Å²) in [5.74, 6) is 0.0873. The van der Waals surface area contributed by atoms with Crippen LogP contribution in [0.25, 0.3) is 0 Å². The van der Waals surface area contributed by atoms with Crippen LogP contribution >= 0.6 is 46.6 Å². The zero-order chi connectivity index (χ0) is 18.5. The van der Waals surface area contributed by atoms with Gasteiger partial charge in [-0.1, -0.05) is 34.8 Å². The first-order valence-electron chi connectivity index (χ1n) is 8.03. The average Bonchev–Trinajstić information content (AvgIpc) is 2.63. The molecular weight excluding hydrogens is 415 g/mol. The highest BCUT2D eigenvalue weighted by Gasteiger charge is 2.15. The van der Waals surface area contributed by atoms with Gasteiger partial charge >= 0.3 is 0 Å². The number of anilines is 2. The summed E-state index contributed by atoms with van der Waals surface area (Å²) in [4.78, 5) is 15.2. The molecule has 0 atom stereocenters. The molecule has 1 fully saturated rings. The van der Waals surface area contributed by atoms with Crippen molar-refractivity contribution in [2.45, 2.75) is 4.90 Å². The zero-order valence-corrected chi connectivity index (χ0v) is 16.9. The number of hydrogen-bond acceptors (Lipinski definition) is 4. The summed E-state index contributed by atoms with van der Waals surface area (Å²) in [5, 5.41) is 4.62. The minimum atomic E-state index is -0.138. The number of hydrogen-bond donors (Lipinski definition) is 1. The van der Waals surface area contributed by atoms with E-state index < -0.39 is 0 Å². The quantitative estimate of drug-likeness (QED) is 0.660. The Morgan fingerprint density at radius 3 is 2.58 bits per heavy atom. The van der Waals surface area contributed by atoms with Gasteiger partial charge in [-0.15, -0.1) is 11.8 Å². The lowest BCUT2D eigenvalue weighted by atomic mass is 10.2. The van der Waals surface area contributed by atoms with Crippen molar-refractivity contribution in [1.29, 1.82) is 0 Å². The molecule has 1 aliphatic rings. The highest BCUT2D eigenvalue weighted by molar-refractivity contribution is 8.00. The molecule has 1 heterocycles. The van der Waals surface area contributed by atoms with Gasteiger partial charge in [-0.2, -0.15) is 0 Å². The summed E-state index contributed by atoms with van der Waals surface area (Å²) in [6.07, 6.45) is 0. The Bertz CT molecular complexity index is 798. The molecule has 3 rings (SSSR count). The highest BCUT2D eigenvalue weighted by Crippen LogP contribution is 2.31. The van der Waals surface area contributed by atoms with E-state index in [2.05, 4.69) is 10.2 Å². The van der Waals surface area contributed by atoms with Gasteiger partial charge in [0, 0.05) is 28.7 Å². The summed E-state index contributed by atoms with van der Waals surface area (Å²) < 4.78 is 5.35. The van der Waals surface area contributed by atoms with Gasteiger partial charge in [0.2, 0.25) is 5.91 Å². The third-order valence-corrected chi connectivity index (χ3v) is 5.87. The molecule has 4 nitrogen and oxygen atoms in total. The molecule has 0 unspecified atom stereocenters. The van der Waals surface area contributed by atoms with Crippen LogP contribution in [0.2, 0.25) is 15.1 Å². The van der Waals surface area contributed by atoms with Crippen molar-refractivity contribution in [3.05, 3.63) is 51.5 Å². The van der Waals surface area contributed by atoms with Crippen LogP contribution in [0, 0.1) is 0 Å². The van der Waals surface area contributed by atoms with Gasteiger partial charge in [-0.3, -0.25) is 4.79 Å². The van der Waals surface area contributed by atoms with Gasteiger partial charge in [-0.05, 0) is 36.4 Å². The van der Waals surface area contributed by atoms with E-state index in [1.165, 1.54) is 11.8 Å². The van der Waals surface area contributed by atoms with E-state index in [4.69, 9.17) is 39.5 Å². The van der Waals surface area contributed by atoms with Gasteiger partial charge in [0.25, 0.3) is 0 Å². The number of carbonyl (C=O) groups is 1. The molecule has 0 saturated carbocycles. The topological polar surface area (TPSA) is 41.6 Å². The Labute approximate surface area is 171 Å². The van der Waals surface area contributed by atoms with Gasteiger partial charge in [-0.25, -0.2) is 0 Å². The first-order valence-corrected chi connectivity index (χ1v) is 10.1. The van der Waals surface area contributed by atoms with Crippen LogP contribution in [0.3, 0.4) is 0 Å². The fourth-order valence-corrected chi connectivity index (χ4v) is 4.17. The first-order chi connectivity index (χ1) is 12.5. The second kappa shape index (κ2) is 9.20. The smallest absolute Gasteiger partial charge is 0.234 e. The van der Waals surface area contributed by atoms with Crippen LogP contribution < -0.4 is 10.2 Å². The summed E-state index contributed by atoms with van der Waals surface area (Å²) in [6, 6.07) is 10.7. The van der Waals surface area contributed by atoms with Crippen molar-refractivity contribution in [3.8, 4) is 0 Å². The number of nitrogens with one attached hydrogen (secondary N) is 1. The van der Waals surface area contributed by atoms with E-state index in [-0.39, 0.29) is 11.7 Å². The molecule has 0 spiro atoms. The molecule has 138 valence electrons. The number of carbonyl (C=O) groups excluding carboxylic acids is 1. The number of benzene rings is 2. The minimum absolute atomic E-state index is 0.138. The Morgan fingerprint density at radius 2 is 1.85 bits per heavy atom. The molecule has 0 radical (unpaired) electrons. The molecule has 0 bridgehead atoms. The fourth-order valence-electron chi connectivity index (χ4n) is 2.57. The largest absolute Gasteiger partial charge is 0.378 e. The van der Waals surface area contributed by atoms with E-state index in [0.29, 0.717) is 34.0 Å². The Morgan fingerprint density at radius 1 is 1.08 bits per heavy atom. The number of nitrogens with zero attached hydrogens (tertiary/aromatic N) is 1. The predicted octanol–water partition coefficient (Wildman–Crippen LogP) is 5.21. The Balaban J connectivity index is 1.58. The SMILES string of the molecule is O=C(CSc1cc(Cl)ccc1Cl)Nc1ccc(N2CCOCC2)c(Cl)c1. The number of thioether (sulfide) groups is 1. The van der Waals surface area contributed by atoms with E-state index in [1.54, 1.807) is 24.3 Å².